The summed E-state index contributed by atoms with van der Waals surface area (Å²) in [6, 6.07) is 2.65. The number of aromatic nitrogens is 1. The molecule has 8 heteroatoms. The number of pyridine rings is 1. The van der Waals surface area contributed by atoms with Crippen LogP contribution in [0.25, 0.3) is 0 Å². The van der Waals surface area contributed by atoms with Gasteiger partial charge in [-0.1, -0.05) is 13.8 Å². The maximum absolute atomic E-state index is 12.7. The summed E-state index contributed by atoms with van der Waals surface area (Å²) >= 11 is 0. The molecule has 0 unspecified atom stereocenters. The molecule has 0 saturated carbocycles. The number of allylic oxidation sites excluding steroid dienone is 1. The van der Waals surface area contributed by atoms with Crippen molar-refractivity contribution in [1.29, 1.82) is 0 Å². The van der Waals surface area contributed by atoms with Crippen molar-refractivity contribution in [1.82, 2.24) is 9.88 Å². The first-order valence-corrected chi connectivity index (χ1v) is 8.35. The summed E-state index contributed by atoms with van der Waals surface area (Å²) in [5.41, 5.74) is 5.60. The van der Waals surface area contributed by atoms with Gasteiger partial charge in [0.2, 0.25) is 5.88 Å². The van der Waals surface area contributed by atoms with Crippen molar-refractivity contribution < 1.29 is 23.1 Å². The molecule has 1 fully saturated rings. The van der Waals surface area contributed by atoms with Gasteiger partial charge in [-0.3, -0.25) is 9.59 Å². The number of rotatable bonds is 3. The SMILES string of the molecule is CC1(C)C[C@@]2(C=C(N)C1=O)CCN(C(=O)c1ccc(OC(F)F)nc1)C2. The van der Waals surface area contributed by atoms with Crippen molar-refractivity contribution in [2.24, 2.45) is 16.6 Å². The number of ether oxygens (including phenoxy) is 1. The van der Waals surface area contributed by atoms with E-state index < -0.39 is 12.0 Å². The molecule has 2 aliphatic rings. The van der Waals surface area contributed by atoms with Crippen LogP contribution >= 0.6 is 0 Å². The molecule has 0 bridgehead atoms. The smallest absolute Gasteiger partial charge is 0.388 e. The number of nitrogens with zero attached hydrogens (tertiary/aromatic N) is 2. The van der Waals surface area contributed by atoms with Gasteiger partial charge >= 0.3 is 6.61 Å². The third-order valence-electron chi connectivity index (χ3n) is 5.00. The van der Waals surface area contributed by atoms with Crippen molar-refractivity contribution in [2.45, 2.75) is 33.3 Å². The highest BCUT2D eigenvalue weighted by molar-refractivity contribution is 6.00. The molecule has 1 spiro atoms. The molecule has 1 aliphatic carbocycles. The third kappa shape index (κ3) is 3.40. The Morgan fingerprint density at radius 1 is 1.38 bits per heavy atom. The lowest BCUT2D eigenvalue weighted by molar-refractivity contribution is -0.125. The van der Waals surface area contributed by atoms with Crippen molar-refractivity contribution in [3.63, 3.8) is 0 Å². The van der Waals surface area contributed by atoms with E-state index in [-0.39, 0.29) is 28.7 Å². The Balaban J connectivity index is 1.74. The highest BCUT2D eigenvalue weighted by Gasteiger charge is 2.48. The number of likely N-dealkylation sites (tertiary alicyclic amines) is 1. The van der Waals surface area contributed by atoms with E-state index in [1.165, 1.54) is 18.3 Å². The van der Waals surface area contributed by atoms with E-state index in [0.717, 1.165) is 6.42 Å². The predicted molar refractivity (Wildman–Crippen MR) is 89.5 cm³/mol. The lowest BCUT2D eigenvalue weighted by atomic mass is 9.65. The average molecular weight is 365 g/mol. The monoisotopic (exact) mass is 365 g/mol. The second kappa shape index (κ2) is 6.34. The van der Waals surface area contributed by atoms with Crippen molar-refractivity contribution >= 4 is 11.7 Å². The zero-order valence-corrected chi connectivity index (χ0v) is 14.7. The van der Waals surface area contributed by atoms with Gasteiger partial charge in [-0.25, -0.2) is 4.98 Å². The highest BCUT2D eigenvalue weighted by atomic mass is 19.3. The maximum atomic E-state index is 12.7. The van der Waals surface area contributed by atoms with Gasteiger partial charge < -0.3 is 15.4 Å². The van der Waals surface area contributed by atoms with Crippen LogP contribution in [0.2, 0.25) is 0 Å². The summed E-state index contributed by atoms with van der Waals surface area (Å²) in [6.45, 7) is 1.76. The lowest BCUT2D eigenvalue weighted by Crippen LogP contribution is -2.42. The predicted octanol–water partition coefficient (Wildman–Crippen LogP) is 2.36. The fraction of sp³-hybridized carbons (Fsp3) is 0.500. The molecule has 1 amide bonds. The van der Waals surface area contributed by atoms with Crippen LogP contribution in [0.4, 0.5) is 8.78 Å². The molecule has 3 rings (SSSR count). The molecule has 0 aromatic carbocycles. The molecule has 1 saturated heterocycles. The quantitative estimate of drug-likeness (QED) is 0.889. The Hall–Kier alpha value is -2.51. The van der Waals surface area contributed by atoms with Gasteiger partial charge in [0.05, 0.1) is 11.3 Å². The van der Waals surface area contributed by atoms with Gasteiger partial charge in [0, 0.05) is 36.2 Å². The largest absolute Gasteiger partial charge is 0.417 e. The summed E-state index contributed by atoms with van der Waals surface area (Å²) < 4.78 is 28.5. The van der Waals surface area contributed by atoms with Crippen LogP contribution in [0.5, 0.6) is 5.88 Å². The fourth-order valence-electron chi connectivity index (χ4n) is 3.98. The number of carbonyl (C=O) groups is 2. The van der Waals surface area contributed by atoms with Crippen LogP contribution in [0, 0.1) is 10.8 Å². The number of ketones is 1. The molecule has 1 aromatic rings. The zero-order chi connectivity index (χ0) is 19.1. The number of hydrogen-bond donors (Lipinski definition) is 1. The van der Waals surface area contributed by atoms with E-state index in [9.17, 15) is 18.4 Å². The third-order valence-corrected chi connectivity index (χ3v) is 5.00. The van der Waals surface area contributed by atoms with E-state index in [1.54, 1.807) is 11.0 Å². The summed E-state index contributed by atoms with van der Waals surface area (Å²) in [5, 5.41) is 0. The Kier molecular flexibility index (Phi) is 4.46. The Bertz CT molecular complexity index is 761. The average Bonchev–Trinajstić information content (AvgIpc) is 2.95. The van der Waals surface area contributed by atoms with Crippen molar-refractivity contribution in [3.05, 3.63) is 35.7 Å². The molecule has 2 N–H and O–H groups in total. The van der Waals surface area contributed by atoms with Gasteiger partial charge in [-0.2, -0.15) is 8.78 Å². The molecule has 1 aromatic heterocycles. The summed E-state index contributed by atoms with van der Waals surface area (Å²) in [5.74, 6) is -0.538. The van der Waals surface area contributed by atoms with Gasteiger partial charge in [-0.15, -0.1) is 0 Å². The van der Waals surface area contributed by atoms with Gasteiger partial charge in [0.1, 0.15) is 0 Å². The fourth-order valence-corrected chi connectivity index (χ4v) is 3.98. The summed E-state index contributed by atoms with van der Waals surface area (Å²) in [6.07, 6.45) is 4.37. The molecule has 1 atom stereocenters. The number of Topliss-reactive ketones (excluding diaryl/α,β-unsaturated/α-hetero) is 1. The van der Waals surface area contributed by atoms with Crippen molar-refractivity contribution in [2.75, 3.05) is 13.1 Å². The molecular formula is C18H21F2N3O3. The summed E-state index contributed by atoms with van der Waals surface area (Å²) in [4.78, 5) is 30.3. The van der Waals surface area contributed by atoms with E-state index >= 15 is 0 Å². The Morgan fingerprint density at radius 3 is 2.69 bits per heavy atom. The standard InChI is InChI=1S/C18H21F2N3O3/c1-17(2)9-18(7-12(21)14(17)24)5-6-23(10-18)15(25)11-3-4-13(22-8-11)26-16(19)20/h3-4,7-8,16H,5-6,9-10,21H2,1-2H3/t18-/m0/s1. The normalized spacial score (nSPS) is 24.9. The van der Waals surface area contributed by atoms with E-state index in [2.05, 4.69) is 9.72 Å². The molecule has 140 valence electrons. The van der Waals surface area contributed by atoms with Crippen LogP contribution in [0.1, 0.15) is 37.0 Å². The molecule has 2 heterocycles. The van der Waals surface area contributed by atoms with E-state index in [1.807, 2.05) is 13.8 Å². The minimum Gasteiger partial charge on any atom is -0.417 e. The second-order valence-corrected chi connectivity index (χ2v) is 7.59. The first-order valence-electron chi connectivity index (χ1n) is 8.35. The van der Waals surface area contributed by atoms with E-state index in [4.69, 9.17) is 5.73 Å². The van der Waals surface area contributed by atoms with E-state index in [0.29, 0.717) is 25.1 Å². The summed E-state index contributed by atoms with van der Waals surface area (Å²) in [7, 11) is 0. The van der Waals surface area contributed by atoms with Gasteiger partial charge in [0.15, 0.2) is 5.78 Å². The van der Waals surface area contributed by atoms with Crippen LogP contribution in [-0.4, -0.2) is 41.3 Å². The Labute approximate surface area is 150 Å². The molecule has 1 aliphatic heterocycles. The van der Waals surface area contributed by atoms with Gasteiger partial charge in [0.25, 0.3) is 5.91 Å². The first-order chi connectivity index (χ1) is 12.1. The molecular weight excluding hydrogens is 344 g/mol. The van der Waals surface area contributed by atoms with Crippen LogP contribution in [0.3, 0.4) is 0 Å². The maximum Gasteiger partial charge on any atom is 0.388 e. The van der Waals surface area contributed by atoms with Crippen LogP contribution in [-0.2, 0) is 4.79 Å². The van der Waals surface area contributed by atoms with Crippen molar-refractivity contribution in [3.8, 4) is 5.88 Å². The number of alkyl halides is 2. The molecule has 0 radical (unpaired) electrons. The second-order valence-electron chi connectivity index (χ2n) is 7.59. The minimum absolute atomic E-state index is 0.0632. The number of carbonyl (C=O) groups excluding carboxylic acids is 2. The zero-order valence-electron chi connectivity index (χ0n) is 14.7. The van der Waals surface area contributed by atoms with Gasteiger partial charge in [-0.05, 0) is 25.0 Å². The lowest BCUT2D eigenvalue weighted by Gasteiger charge is -2.39. The number of amides is 1. The Morgan fingerprint density at radius 2 is 2.12 bits per heavy atom. The highest BCUT2D eigenvalue weighted by Crippen LogP contribution is 2.47. The first kappa shape index (κ1) is 18.3. The van der Waals surface area contributed by atoms with Crippen LogP contribution < -0.4 is 10.5 Å². The molecule has 26 heavy (non-hydrogen) atoms. The minimum atomic E-state index is -2.96. The number of hydrogen-bond acceptors (Lipinski definition) is 5. The van der Waals surface area contributed by atoms with Crippen LogP contribution in [0.15, 0.2) is 30.1 Å². The molecule has 6 nitrogen and oxygen atoms in total. The number of nitrogens with two attached hydrogens (primary N) is 1. The topological polar surface area (TPSA) is 85.5 Å². The number of halogens is 2.